The van der Waals surface area contributed by atoms with Crippen LogP contribution in [0, 0.1) is 13.8 Å². The minimum atomic E-state index is -4.96. The molecular formula is C43H28F3N7O6. The smallest absolute Gasteiger partial charge is 0.397 e. The highest BCUT2D eigenvalue weighted by atomic mass is 19.4. The largest absolute Gasteiger partial charge is 0.417 e. The number of rotatable bonds is 7. The standard InChI is InChI=1S/C43H28F3N7O6/c1-21-3-13-35(48-19-21)50-37(54)23-5-10-31-33(17-23)42(59)53(40(31)57)27-8-12-29(34(18-27)43(44,45)46)28-11-7-26(15-22(28)2)52-39(56)30-9-4-24(16-32(30)41(52)58)38(55)51-36-14-6-25(47)20-49-36/h3-20H,47H2,1-2H3,(H,48,50,54)(H,49,51,55). The average Bonchev–Trinajstić information content (AvgIpc) is 3.61. The molecule has 292 valence electrons. The second-order valence-electron chi connectivity index (χ2n) is 13.7. The summed E-state index contributed by atoms with van der Waals surface area (Å²) in [5.41, 5.74) is 5.38. The Kier molecular flexibility index (Phi) is 9.11. The average molecular weight is 796 g/mol. The Labute approximate surface area is 332 Å². The Morgan fingerprint density at radius 2 is 1.03 bits per heavy atom. The topological polar surface area (TPSA) is 185 Å². The van der Waals surface area contributed by atoms with Crippen molar-refractivity contribution < 1.29 is 41.9 Å². The maximum absolute atomic E-state index is 14.8. The molecule has 6 amide bonds. The number of aromatic nitrogens is 2. The van der Waals surface area contributed by atoms with Crippen molar-refractivity contribution >= 4 is 64.1 Å². The summed E-state index contributed by atoms with van der Waals surface area (Å²) in [7, 11) is 0. The number of carbonyl (C=O) groups is 6. The zero-order valence-corrected chi connectivity index (χ0v) is 30.8. The fourth-order valence-electron chi connectivity index (χ4n) is 6.86. The molecular weight excluding hydrogens is 768 g/mol. The first-order valence-electron chi connectivity index (χ1n) is 17.7. The first-order valence-corrected chi connectivity index (χ1v) is 17.7. The number of nitrogens with one attached hydrogen (secondary N) is 2. The van der Waals surface area contributed by atoms with E-state index in [0.29, 0.717) is 16.7 Å². The van der Waals surface area contributed by atoms with E-state index in [2.05, 4.69) is 20.6 Å². The molecule has 0 aliphatic carbocycles. The third-order valence-electron chi connectivity index (χ3n) is 9.80. The number of benzene rings is 4. The summed E-state index contributed by atoms with van der Waals surface area (Å²) in [6.45, 7) is 3.33. The lowest BCUT2D eigenvalue weighted by Gasteiger charge is -2.21. The van der Waals surface area contributed by atoms with E-state index in [9.17, 15) is 41.9 Å². The number of aryl methyl sites for hydroxylation is 2. The molecule has 2 aromatic heterocycles. The Hall–Kier alpha value is -8.01. The normalized spacial score (nSPS) is 13.4. The molecule has 16 heteroatoms. The van der Waals surface area contributed by atoms with Gasteiger partial charge in [-0.05, 0) is 115 Å². The number of imide groups is 2. The summed E-state index contributed by atoms with van der Waals surface area (Å²) >= 11 is 0. The van der Waals surface area contributed by atoms with E-state index >= 15 is 0 Å². The number of hydrogen-bond donors (Lipinski definition) is 3. The number of halogens is 3. The molecule has 6 aromatic rings. The maximum atomic E-state index is 14.8. The number of nitrogens with two attached hydrogens (primary N) is 1. The third-order valence-corrected chi connectivity index (χ3v) is 9.80. The number of fused-ring (bicyclic) bond motifs is 2. The molecule has 0 unspecified atom stereocenters. The molecule has 4 aromatic carbocycles. The molecule has 2 aliphatic rings. The van der Waals surface area contributed by atoms with Crippen molar-refractivity contribution in [3.05, 3.63) is 160 Å². The first-order chi connectivity index (χ1) is 28.1. The van der Waals surface area contributed by atoms with Gasteiger partial charge in [-0.15, -0.1) is 0 Å². The van der Waals surface area contributed by atoms with Crippen LogP contribution in [0.15, 0.2) is 109 Å². The van der Waals surface area contributed by atoms with Crippen LogP contribution in [0.1, 0.15) is 78.8 Å². The second kappa shape index (κ2) is 14.2. The van der Waals surface area contributed by atoms with Crippen molar-refractivity contribution in [2.45, 2.75) is 20.0 Å². The Morgan fingerprint density at radius 1 is 0.559 bits per heavy atom. The van der Waals surface area contributed by atoms with E-state index in [1.165, 1.54) is 79.9 Å². The lowest BCUT2D eigenvalue weighted by Crippen LogP contribution is -2.29. The number of anilines is 5. The number of nitrogens with zero attached hydrogens (tertiary/aromatic N) is 4. The molecule has 0 fully saturated rings. The van der Waals surface area contributed by atoms with Crippen molar-refractivity contribution in [3.8, 4) is 11.1 Å². The number of nitrogen functional groups attached to an aromatic ring is 1. The highest BCUT2D eigenvalue weighted by molar-refractivity contribution is 6.36. The van der Waals surface area contributed by atoms with E-state index in [1.54, 1.807) is 24.4 Å². The molecule has 13 nitrogen and oxygen atoms in total. The first kappa shape index (κ1) is 37.9. The van der Waals surface area contributed by atoms with Gasteiger partial charge in [0.2, 0.25) is 0 Å². The predicted molar refractivity (Wildman–Crippen MR) is 210 cm³/mol. The van der Waals surface area contributed by atoms with Crippen LogP contribution < -0.4 is 26.2 Å². The van der Waals surface area contributed by atoms with E-state index in [0.717, 1.165) is 16.5 Å². The fourth-order valence-corrected chi connectivity index (χ4v) is 6.86. The van der Waals surface area contributed by atoms with Crippen LogP contribution >= 0.6 is 0 Å². The van der Waals surface area contributed by atoms with Gasteiger partial charge in [-0.2, -0.15) is 13.2 Å². The highest BCUT2D eigenvalue weighted by Crippen LogP contribution is 2.43. The molecule has 59 heavy (non-hydrogen) atoms. The fraction of sp³-hybridized carbons (Fsp3) is 0.0698. The van der Waals surface area contributed by atoms with Gasteiger partial charge in [0.25, 0.3) is 35.4 Å². The van der Waals surface area contributed by atoms with Crippen LogP contribution in [0.4, 0.5) is 41.9 Å². The molecule has 0 spiro atoms. The summed E-state index contributed by atoms with van der Waals surface area (Å²) < 4.78 is 44.3. The molecule has 4 heterocycles. The van der Waals surface area contributed by atoms with E-state index in [-0.39, 0.29) is 73.1 Å². The van der Waals surface area contributed by atoms with Crippen LogP contribution in [0.25, 0.3) is 11.1 Å². The molecule has 0 atom stereocenters. The van der Waals surface area contributed by atoms with E-state index in [4.69, 9.17) is 5.73 Å². The lowest BCUT2D eigenvalue weighted by atomic mass is 9.94. The van der Waals surface area contributed by atoms with Gasteiger partial charge in [-0.3, -0.25) is 28.8 Å². The van der Waals surface area contributed by atoms with Crippen LogP contribution in [0.5, 0.6) is 0 Å². The Morgan fingerprint density at radius 3 is 1.51 bits per heavy atom. The predicted octanol–water partition coefficient (Wildman–Crippen LogP) is 7.47. The zero-order chi connectivity index (χ0) is 41.9. The number of hydrogen-bond acceptors (Lipinski definition) is 9. The maximum Gasteiger partial charge on any atom is 0.417 e. The number of carbonyl (C=O) groups excluding carboxylic acids is 6. The number of amides is 6. The van der Waals surface area contributed by atoms with Crippen LogP contribution in [-0.2, 0) is 6.18 Å². The highest BCUT2D eigenvalue weighted by Gasteiger charge is 2.41. The molecule has 0 saturated carbocycles. The number of pyridine rings is 2. The summed E-state index contributed by atoms with van der Waals surface area (Å²) in [6.07, 6.45) is -2.05. The minimum Gasteiger partial charge on any atom is -0.397 e. The van der Waals surface area contributed by atoms with Crippen molar-refractivity contribution in [1.82, 2.24) is 9.97 Å². The van der Waals surface area contributed by atoms with Gasteiger partial charge in [-0.25, -0.2) is 19.8 Å². The minimum absolute atomic E-state index is 0.0286. The van der Waals surface area contributed by atoms with E-state index < -0.39 is 47.2 Å². The van der Waals surface area contributed by atoms with Gasteiger partial charge < -0.3 is 16.4 Å². The van der Waals surface area contributed by atoms with Gasteiger partial charge in [-0.1, -0.05) is 18.2 Å². The van der Waals surface area contributed by atoms with Crippen LogP contribution in [0.2, 0.25) is 0 Å². The van der Waals surface area contributed by atoms with Gasteiger partial charge in [0, 0.05) is 17.3 Å². The molecule has 2 aliphatic heterocycles. The zero-order valence-electron chi connectivity index (χ0n) is 30.8. The summed E-state index contributed by atoms with van der Waals surface area (Å²) in [6, 6.07) is 21.2. The quantitative estimate of drug-likeness (QED) is 0.138. The van der Waals surface area contributed by atoms with Crippen molar-refractivity contribution in [2.75, 3.05) is 26.2 Å². The van der Waals surface area contributed by atoms with Crippen LogP contribution in [-0.4, -0.2) is 45.4 Å². The number of alkyl halides is 3. The van der Waals surface area contributed by atoms with Gasteiger partial charge >= 0.3 is 6.18 Å². The second-order valence-corrected chi connectivity index (χ2v) is 13.7. The third kappa shape index (κ3) is 6.81. The molecule has 4 N–H and O–H groups in total. The Bertz CT molecular complexity index is 2820. The molecule has 0 saturated heterocycles. The lowest BCUT2D eigenvalue weighted by molar-refractivity contribution is -0.137. The Balaban J connectivity index is 1.04. The van der Waals surface area contributed by atoms with Crippen molar-refractivity contribution in [3.63, 3.8) is 0 Å². The van der Waals surface area contributed by atoms with Gasteiger partial charge in [0.1, 0.15) is 11.6 Å². The van der Waals surface area contributed by atoms with Crippen molar-refractivity contribution in [1.29, 1.82) is 0 Å². The van der Waals surface area contributed by atoms with E-state index in [1.807, 2.05) is 6.92 Å². The molecule has 8 rings (SSSR count). The van der Waals surface area contributed by atoms with Gasteiger partial charge in [0.05, 0.1) is 51.1 Å². The van der Waals surface area contributed by atoms with Crippen LogP contribution in [0.3, 0.4) is 0 Å². The summed E-state index contributed by atoms with van der Waals surface area (Å²) in [5, 5.41) is 5.18. The summed E-state index contributed by atoms with van der Waals surface area (Å²) in [5.74, 6) is -3.96. The monoisotopic (exact) mass is 795 g/mol. The molecule has 0 bridgehead atoms. The molecule has 0 radical (unpaired) electrons. The van der Waals surface area contributed by atoms with Crippen molar-refractivity contribution in [2.24, 2.45) is 0 Å². The SMILES string of the molecule is Cc1ccc(NC(=O)c2ccc3c(c2)C(=O)N(c2ccc(-c4ccc(N5C(=O)c6ccc(C(=O)Nc7ccc(N)cn7)cc6C5=O)cc4C)c(C(F)(F)F)c2)C3=O)nc1. The summed E-state index contributed by atoms with van der Waals surface area (Å²) in [4.78, 5) is 89.5. The van der Waals surface area contributed by atoms with Gasteiger partial charge in [0.15, 0.2) is 0 Å².